The lowest BCUT2D eigenvalue weighted by atomic mass is 9.92. The monoisotopic (exact) mass is 732 g/mol. The van der Waals surface area contributed by atoms with E-state index in [0.717, 1.165) is 21.9 Å². The maximum Gasteiger partial charge on any atom is 0.274 e. The Morgan fingerprint density at radius 3 is 2.40 bits per heavy atom. The Hall–Kier alpha value is -4.92. The average Bonchev–Trinajstić information content (AvgIpc) is 3.74. The summed E-state index contributed by atoms with van der Waals surface area (Å²) in [6, 6.07) is 15.1. The maximum atomic E-state index is 13.9. The number of alkyl halides is 1. The number of ether oxygens (including phenoxy) is 5. The maximum absolute atomic E-state index is 13.9. The van der Waals surface area contributed by atoms with E-state index in [1.54, 1.807) is 30.2 Å². The first kappa shape index (κ1) is 36.9. The molecule has 2 amide bonds. The second kappa shape index (κ2) is 17.1. The second-order valence-corrected chi connectivity index (χ2v) is 12.6. The molecule has 0 aliphatic carbocycles. The van der Waals surface area contributed by atoms with E-state index in [1.807, 2.05) is 25.1 Å². The number of hydrogen-bond acceptors (Lipinski definition) is 10. The number of benzene rings is 3. The molecule has 4 N–H and O–H groups in total. The van der Waals surface area contributed by atoms with Crippen LogP contribution in [0.25, 0.3) is 21.8 Å². The number of phenols is 2. The molecule has 0 fully saturated rings. The summed E-state index contributed by atoms with van der Waals surface area (Å²) in [6.07, 6.45) is 1.49. The first-order valence-electron chi connectivity index (χ1n) is 16.9. The van der Waals surface area contributed by atoms with Gasteiger partial charge < -0.3 is 49.1 Å². The van der Waals surface area contributed by atoms with Crippen LogP contribution >= 0.6 is 11.6 Å². The number of aromatic hydroxyl groups is 2. The van der Waals surface area contributed by atoms with Crippen molar-refractivity contribution < 1.29 is 43.5 Å². The molecule has 2 aromatic heterocycles. The number of pyridine rings is 1. The fraction of sp³-hybridized carbons (Fsp3) is 0.342. The van der Waals surface area contributed by atoms with Crippen molar-refractivity contribution in [1.82, 2.24) is 9.97 Å². The van der Waals surface area contributed by atoms with Crippen molar-refractivity contribution in [3.8, 4) is 17.2 Å². The quantitative estimate of drug-likeness (QED) is 0.0684. The zero-order chi connectivity index (χ0) is 36.6. The Balaban J connectivity index is 1.06. The van der Waals surface area contributed by atoms with Gasteiger partial charge >= 0.3 is 0 Å². The number of aromatic nitrogens is 2. The van der Waals surface area contributed by atoms with Crippen LogP contribution in [0.3, 0.4) is 0 Å². The molecule has 5 aromatic rings. The highest BCUT2D eigenvalue weighted by Crippen LogP contribution is 2.46. The Kier molecular flexibility index (Phi) is 12.1. The van der Waals surface area contributed by atoms with Crippen LogP contribution in [0.4, 0.5) is 11.4 Å². The van der Waals surface area contributed by atoms with Gasteiger partial charge in [0.05, 0.1) is 63.8 Å². The largest absolute Gasteiger partial charge is 0.507 e. The van der Waals surface area contributed by atoms with E-state index in [-0.39, 0.29) is 47.9 Å². The average molecular weight is 733 g/mol. The third-order valence-electron chi connectivity index (χ3n) is 8.74. The van der Waals surface area contributed by atoms with Crippen LogP contribution in [0.1, 0.15) is 37.9 Å². The number of halogens is 1. The summed E-state index contributed by atoms with van der Waals surface area (Å²) >= 11 is 6.41. The summed E-state index contributed by atoms with van der Waals surface area (Å²) in [5, 5.41) is 26.2. The molecule has 274 valence electrons. The van der Waals surface area contributed by atoms with Crippen LogP contribution in [-0.2, 0) is 18.9 Å². The summed E-state index contributed by atoms with van der Waals surface area (Å²) in [4.78, 5) is 36.2. The number of fused-ring (bicyclic) bond motifs is 4. The molecule has 0 saturated carbocycles. The standard InChI is InChI=1S/C38H41ClN4O9/c1-23-4-3-5-28-32(45)19-30-35(34(23)28)26(20-39)22-43(30)38(47)29-17-25-16-27(21-40-36(25)42-29)41-37(46)24-6-7-31(44)33(18-24)52-15-14-51-13-12-50-11-10-49-9-8-48-2/h3-7,16-19,21,26,44-45H,8-15,20,22H2,1-2H3,(H,40,42)(H,41,46). The highest BCUT2D eigenvalue weighted by atomic mass is 35.5. The molecule has 14 heteroatoms. The van der Waals surface area contributed by atoms with Gasteiger partial charge in [0.15, 0.2) is 11.5 Å². The van der Waals surface area contributed by atoms with Gasteiger partial charge in [-0.3, -0.25) is 9.59 Å². The molecule has 0 bridgehead atoms. The van der Waals surface area contributed by atoms with E-state index < -0.39 is 5.91 Å². The molecule has 0 radical (unpaired) electrons. The van der Waals surface area contributed by atoms with E-state index in [2.05, 4.69) is 15.3 Å². The van der Waals surface area contributed by atoms with Crippen molar-refractivity contribution in [2.45, 2.75) is 12.8 Å². The molecule has 0 spiro atoms. The predicted molar refractivity (Wildman–Crippen MR) is 197 cm³/mol. The SMILES string of the molecule is COCCOCCOCCOCCOc1cc(C(=O)Nc2cnc3[nH]c(C(=O)N4CC(CCl)c5c4cc(O)c4cccc(C)c54)cc3c2)ccc1O. The van der Waals surface area contributed by atoms with E-state index in [1.165, 1.54) is 24.4 Å². The zero-order valence-corrected chi connectivity index (χ0v) is 29.7. The molecule has 13 nitrogen and oxygen atoms in total. The van der Waals surface area contributed by atoms with Gasteiger partial charge in [0.1, 0.15) is 23.7 Å². The highest BCUT2D eigenvalue weighted by Gasteiger charge is 2.36. The topological polar surface area (TPSA) is 165 Å². The lowest BCUT2D eigenvalue weighted by Crippen LogP contribution is -2.30. The molecule has 1 atom stereocenters. The van der Waals surface area contributed by atoms with Crippen molar-refractivity contribution in [3.63, 3.8) is 0 Å². The van der Waals surface area contributed by atoms with Gasteiger partial charge in [-0.15, -0.1) is 11.6 Å². The molecule has 0 saturated heterocycles. The van der Waals surface area contributed by atoms with E-state index in [9.17, 15) is 19.8 Å². The fourth-order valence-corrected chi connectivity index (χ4v) is 6.48. The van der Waals surface area contributed by atoms with Crippen molar-refractivity contribution in [1.29, 1.82) is 0 Å². The van der Waals surface area contributed by atoms with Crippen LogP contribution in [0.15, 0.2) is 60.8 Å². The van der Waals surface area contributed by atoms with Gasteiger partial charge in [0.25, 0.3) is 11.8 Å². The third kappa shape index (κ3) is 8.24. The number of phenolic OH excluding ortho intramolecular Hbond substituents is 2. The molecule has 1 unspecified atom stereocenters. The molecular formula is C38H41ClN4O9. The molecular weight excluding hydrogens is 692 g/mol. The Morgan fingerprint density at radius 1 is 0.942 bits per heavy atom. The number of aromatic amines is 1. The number of anilines is 2. The van der Waals surface area contributed by atoms with Gasteiger partial charge in [-0.2, -0.15) is 0 Å². The van der Waals surface area contributed by atoms with E-state index in [0.29, 0.717) is 80.2 Å². The van der Waals surface area contributed by atoms with E-state index in [4.69, 9.17) is 35.3 Å². The normalized spacial score (nSPS) is 13.9. The molecule has 1 aliphatic heterocycles. The number of carbonyl (C=O) groups is 2. The first-order chi connectivity index (χ1) is 25.3. The van der Waals surface area contributed by atoms with Crippen molar-refractivity contribution in [2.75, 3.05) is 82.6 Å². The molecule has 1 aliphatic rings. The summed E-state index contributed by atoms with van der Waals surface area (Å²) in [6.45, 7) is 5.52. The highest BCUT2D eigenvalue weighted by molar-refractivity contribution is 6.19. The predicted octanol–water partition coefficient (Wildman–Crippen LogP) is 5.75. The summed E-state index contributed by atoms with van der Waals surface area (Å²) < 4.78 is 26.8. The van der Waals surface area contributed by atoms with Crippen LogP contribution in [0.5, 0.6) is 17.2 Å². The van der Waals surface area contributed by atoms with Crippen LogP contribution < -0.4 is 15.0 Å². The molecule has 52 heavy (non-hydrogen) atoms. The third-order valence-corrected chi connectivity index (χ3v) is 9.11. The van der Waals surface area contributed by atoms with Gasteiger partial charge in [-0.1, -0.05) is 18.2 Å². The molecule has 3 heterocycles. The van der Waals surface area contributed by atoms with Crippen molar-refractivity contribution in [3.05, 3.63) is 83.2 Å². The summed E-state index contributed by atoms with van der Waals surface area (Å²) in [5.74, 6) is -0.410. The first-order valence-corrected chi connectivity index (χ1v) is 17.4. The number of hydrogen-bond donors (Lipinski definition) is 4. The van der Waals surface area contributed by atoms with Gasteiger partial charge in [-0.25, -0.2) is 4.98 Å². The fourth-order valence-electron chi connectivity index (χ4n) is 6.23. The second-order valence-electron chi connectivity index (χ2n) is 12.3. The number of amides is 2. The molecule has 6 rings (SSSR count). The zero-order valence-electron chi connectivity index (χ0n) is 28.9. The molecule has 3 aromatic carbocycles. The van der Waals surface area contributed by atoms with Crippen molar-refractivity contribution >= 4 is 56.6 Å². The van der Waals surface area contributed by atoms with Crippen molar-refractivity contribution in [2.24, 2.45) is 0 Å². The Morgan fingerprint density at radius 2 is 1.67 bits per heavy atom. The lowest BCUT2D eigenvalue weighted by molar-refractivity contribution is 0.0000838. The Bertz CT molecular complexity index is 2050. The number of aryl methyl sites for hydroxylation is 1. The lowest BCUT2D eigenvalue weighted by Gasteiger charge is -2.18. The number of rotatable bonds is 17. The minimum absolute atomic E-state index is 0.0965. The summed E-state index contributed by atoms with van der Waals surface area (Å²) in [7, 11) is 1.62. The number of nitrogens with one attached hydrogen (secondary N) is 2. The summed E-state index contributed by atoms with van der Waals surface area (Å²) in [5.41, 5.74) is 4.00. The smallest absolute Gasteiger partial charge is 0.274 e. The van der Waals surface area contributed by atoms with Crippen LogP contribution in [0, 0.1) is 6.92 Å². The minimum Gasteiger partial charge on any atom is -0.507 e. The number of carbonyl (C=O) groups excluding carboxylic acids is 2. The Labute approximate surface area is 305 Å². The van der Waals surface area contributed by atoms with E-state index >= 15 is 0 Å². The number of methoxy groups -OCH3 is 1. The van der Waals surface area contributed by atoms with Crippen LogP contribution in [0.2, 0.25) is 0 Å². The number of H-pyrrole nitrogens is 1. The van der Waals surface area contributed by atoms with Crippen LogP contribution in [-0.4, -0.2) is 104 Å². The van der Waals surface area contributed by atoms with Gasteiger partial charge in [0.2, 0.25) is 0 Å². The number of nitrogens with zero attached hydrogens (tertiary/aromatic N) is 2. The minimum atomic E-state index is -0.444. The van der Waals surface area contributed by atoms with Gasteiger partial charge in [-0.05, 0) is 53.8 Å². The van der Waals surface area contributed by atoms with Gasteiger partial charge in [0, 0.05) is 47.9 Å².